The lowest BCUT2D eigenvalue weighted by atomic mass is 9.81. The Hall–Kier alpha value is -2.97. The van der Waals surface area contributed by atoms with E-state index in [-0.39, 0.29) is 5.69 Å². The number of para-hydroxylation sites is 1. The van der Waals surface area contributed by atoms with Crippen molar-refractivity contribution in [1.82, 2.24) is 19.7 Å². The number of carbonyl (C=O) groups is 1. The largest absolute Gasteiger partial charge is 0.477 e. The van der Waals surface area contributed by atoms with Gasteiger partial charge in [-0.25, -0.2) is 14.5 Å². The standard InChI is InChI=1S/C28H35N5O3/c1-36-18-20-16-31(17-20)15-19-10-12-32(13-11-19)24-14-23(28(34)35)29-27-25(24)26(21-6-5-7-21)30-33(27)22-8-3-2-4-9-22/h2-4,8-9,14,19-21H,5-7,10-13,15-18H2,1H3,(H,34,35). The fraction of sp³-hybridized carbons (Fsp3) is 0.536. The molecule has 2 aliphatic heterocycles. The fourth-order valence-corrected chi connectivity index (χ4v) is 6.09. The number of aromatic carboxylic acids is 1. The molecule has 3 aromatic rings. The summed E-state index contributed by atoms with van der Waals surface area (Å²) in [6.07, 6.45) is 5.70. The van der Waals surface area contributed by atoms with Crippen LogP contribution in [0, 0.1) is 11.8 Å². The maximum absolute atomic E-state index is 12.1. The lowest BCUT2D eigenvalue weighted by molar-refractivity contribution is 0.0224. The van der Waals surface area contributed by atoms with Crippen LogP contribution in [0.1, 0.15) is 54.2 Å². The highest BCUT2D eigenvalue weighted by atomic mass is 16.5. The van der Waals surface area contributed by atoms with E-state index in [4.69, 9.17) is 9.84 Å². The Morgan fingerprint density at radius 3 is 2.47 bits per heavy atom. The van der Waals surface area contributed by atoms with Crippen molar-refractivity contribution >= 4 is 22.7 Å². The van der Waals surface area contributed by atoms with E-state index in [1.807, 2.05) is 35.0 Å². The topological polar surface area (TPSA) is 83.7 Å². The minimum atomic E-state index is -0.998. The van der Waals surface area contributed by atoms with Crippen LogP contribution >= 0.6 is 0 Å². The predicted molar refractivity (Wildman–Crippen MR) is 139 cm³/mol. The molecule has 1 N–H and O–H groups in total. The summed E-state index contributed by atoms with van der Waals surface area (Å²) in [6.45, 7) is 6.16. The molecule has 0 bridgehead atoms. The first-order chi connectivity index (χ1) is 17.6. The van der Waals surface area contributed by atoms with Crippen LogP contribution in [0.5, 0.6) is 0 Å². The van der Waals surface area contributed by atoms with E-state index in [1.165, 1.54) is 6.42 Å². The number of nitrogens with zero attached hydrogens (tertiary/aromatic N) is 5. The van der Waals surface area contributed by atoms with Gasteiger partial charge in [0.2, 0.25) is 0 Å². The Morgan fingerprint density at radius 2 is 1.83 bits per heavy atom. The van der Waals surface area contributed by atoms with Crippen LogP contribution in [0.4, 0.5) is 5.69 Å². The molecule has 0 spiro atoms. The average Bonchev–Trinajstić information content (AvgIpc) is 3.21. The van der Waals surface area contributed by atoms with E-state index in [0.717, 1.165) is 87.5 Å². The van der Waals surface area contributed by atoms with Crippen molar-refractivity contribution in [2.24, 2.45) is 11.8 Å². The van der Waals surface area contributed by atoms with Crippen LogP contribution in [0.15, 0.2) is 36.4 Å². The first kappa shape index (κ1) is 23.4. The first-order valence-electron chi connectivity index (χ1n) is 13.3. The summed E-state index contributed by atoms with van der Waals surface area (Å²) in [7, 11) is 1.78. The van der Waals surface area contributed by atoms with E-state index < -0.39 is 5.97 Å². The molecule has 2 saturated heterocycles. The number of aromatic nitrogens is 3. The molecule has 1 aromatic carbocycles. The highest BCUT2D eigenvalue weighted by Gasteiger charge is 2.33. The molecule has 3 fully saturated rings. The zero-order valence-corrected chi connectivity index (χ0v) is 21.0. The Labute approximate surface area is 211 Å². The number of ether oxygens (including phenoxy) is 1. The van der Waals surface area contributed by atoms with E-state index in [1.54, 1.807) is 13.2 Å². The SMILES string of the molecule is COCC1CN(CC2CCN(c3cc(C(=O)O)nc4c3c(C3CCC3)nn4-c3ccccc3)CC2)C1. The molecule has 8 nitrogen and oxygen atoms in total. The van der Waals surface area contributed by atoms with E-state index in [2.05, 4.69) is 14.8 Å². The maximum atomic E-state index is 12.1. The van der Waals surface area contributed by atoms with Crippen molar-refractivity contribution in [1.29, 1.82) is 0 Å². The summed E-state index contributed by atoms with van der Waals surface area (Å²) < 4.78 is 7.14. The number of rotatable bonds is 8. The van der Waals surface area contributed by atoms with Crippen LogP contribution in [-0.2, 0) is 4.74 Å². The van der Waals surface area contributed by atoms with Crippen molar-refractivity contribution in [3.8, 4) is 5.69 Å². The van der Waals surface area contributed by atoms with Gasteiger partial charge in [0.1, 0.15) is 0 Å². The summed E-state index contributed by atoms with van der Waals surface area (Å²) in [5.74, 6) is 0.778. The summed E-state index contributed by atoms with van der Waals surface area (Å²) in [6, 6.07) is 11.7. The minimum Gasteiger partial charge on any atom is -0.477 e. The molecular formula is C28H35N5O3. The summed E-state index contributed by atoms with van der Waals surface area (Å²) >= 11 is 0. The minimum absolute atomic E-state index is 0.0848. The van der Waals surface area contributed by atoms with Crippen LogP contribution < -0.4 is 4.90 Å². The average molecular weight is 490 g/mol. The van der Waals surface area contributed by atoms with Crippen molar-refractivity contribution in [2.45, 2.75) is 38.0 Å². The van der Waals surface area contributed by atoms with Gasteiger partial charge in [0.05, 0.1) is 29.1 Å². The lowest BCUT2D eigenvalue weighted by Crippen LogP contribution is -2.51. The predicted octanol–water partition coefficient (Wildman–Crippen LogP) is 4.18. The number of pyridine rings is 1. The van der Waals surface area contributed by atoms with Gasteiger partial charge in [-0.2, -0.15) is 5.10 Å². The second kappa shape index (κ2) is 9.82. The van der Waals surface area contributed by atoms with E-state index in [0.29, 0.717) is 23.4 Å². The number of fused-ring (bicyclic) bond motifs is 1. The van der Waals surface area contributed by atoms with E-state index in [9.17, 15) is 9.90 Å². The molecule has 1 saturated carbocycles. The molecule has 2 aromatic heterocycles. The number of benzene rings is 1. The molecule has 0 atom stereocenters. The third-order valence-electron chi connectivity index (χ3n) is 8.26. The normalized spacial score (nSPS) is 20.0. The van der Waals surface area contributed by atoms with Crippen molar-refractivity contribution in [2.75, 3.05) is 51.3 Å². The molecule has 36 heavy (non-hydrogen) atoms. The summed E-state index contributed by atoms with van der Waals surface area (Å²) in [5.41, 5.74) is 3.72. The number of anilines is 1. The Kier molecular flexibility index (Phi) is 6.39. The van der Waals surface area contributed by atoms with Crippen LogP contribution in [0.25, 0.3) is 16.7 Å². The Bertz CT molecular complexity index is 1220. The number of likely N-dealkylation sites (tertiary alicyclic amines) is 1. The van der Waals surface area contributed by atoms with Gasteiger partial charge in [0.25, 0.3) is 0 Å². The molecule has 8 heteroatoms. The first-order valence-corrected chi connectivity index (χ1v) is 13.3. The van der Waals surface area contributed by atoms with Crippen molar-refractivity contribution in [3.63, 3.8) is 0 Å². The number of methoxy groups -OCH3 is 1. The van der Waals surface area contributed by atoms with Crippen molar-refractivity contribution in [3.05, 3.63) is 47.8 Å². The Balaban J connectivity index is 1.30. The monoisotopic (exact) mass is 489 g/mol. The number of hydrogen-bond acceptors (Lipinski definition) is 6. The third kappa shape index (κ3) is 4.37. The van der Waals surface area contributed by atoms with Gasteiger partial charge in [-0.05, 0) is 49.8 Å². The lowest BCUT2D eigenvalue weighted by Gasteiger charge is -2.43. The fourth-order valence-electron chi connectivity index (χ4n) is 6.09. The molecule has 4 heterocycles. The summed E-state index contributed by atoms with van der Waals surface area (Å²) in [4.78, 5) is 21.7. The maximum Gasteiger partial charge on any atom is 0.354 e. The Morgan fingerprint density at radius 1 is 1.08 bits per heavy atom. The van der Waals surface area contributed by atoms with Crippen LogP contribution in [0.2, 0.25) is 0 Å². The van der Waals surface area contributed by atoms with Gasteiger partial charge >= 0.3 is 5.97 Å². The molecule has 1 aliphatic carbocycles. The van der Waals surface area contributed by atoms with Gasteiger partial charge in [-0.15, -0.1) is 0 Å². The molecule has 6 rings (SSSR count). The van der Waals surface area contributed by atoms with Gasteiger partial charge in [0.15, 0.2) is 11.3 Å². The second-order valence-electron chi connectivity index (χ2n) is 10.8. The van der Waals surface area contributed by atoms with Gasteiger partial charge in [-0.1, -0.05) is 24.6 Å². The van der Waals surface area contributed by atoms with Gasteiger partial charge in [-0.3, -0.25) is 0 Å². The zero-order chi connectivity index (χ0) is 24.6. The van der Waals surface area contributed by atoms with Crippen LogP contribution in [0.3, 0.4) is 0 Å². The molecule has 0 unspecified atom stereocenters. The molecule has 3 aliphatic rings. The van der Waals surface area contributed by atoms with E-state index >= 15 is 0 Å². The molecular weight excluding hydrogens is 454 g/mol. The smallest absolute Gasteiger partial charge is 0.354 e. The number of hydrogen-bond donors (Lipinski definition) is 1. The number of carboxylic acid groups (broad SMARTS) is 1. The summed E-state index contributed by atoms with van der Waals surface area (Å²) in [5, 5.41) is 16.0. The van der Waals surface area contributed by atoms with Gasteiger partial charge in [0, 0.05) is 51.7 Å². The highest BCUT2D eigenvalue weighted by molar-refractivity contribution is 5.98. The van der Waals surface area contributed by atoms with Crippen LogP contribution in [-0.4, -0.2) is 77.2 Å². The van der Waals surface area contributed by atoms with Gasteiger partial charge < -0.3 is 19.6 Å². The number of carboxylic acids is 1. The highest BCUT2D eigenvalue weighted by Crippen LogP contribution is 2.43. The molecule has 190 valence electrons. The second-order valence-corrected chi connectivity index (χ2v) is 10.8. The number of piperidine rings is 1. The molecule has 0 amide bonds. The quantitative estimate of drug-likeness (QED) is 0.508. The molecule has 0 radical (unpaired) electrons. The zero-order valence-electron chi connectivity index (χ0n) is 21.0. The van der Waals surface area contributed by atoms with Crippen molar-refractivity contribution < 1.29 is 14.6 Å². The third-order valence-corrected chi connectivity index (χ3v) is 8.26.